The van der Waals surface area contributed by atoms with Crippen molar-refractivity contribution in [2.45, 2.75) is 32.2 Å². The van der Waals surface area contributed by atoms with Crippen molar-refractivity contribution in [1.29, 1.82) is 0 Å². The van der Waals surface area contributed by atoms with E-state index in [0.29, 0.717) is 24.3 Å². The van der Waals surface area contributed by atoms with Crippen LogP contribution in [0.4, 0.5) is 10.1 Å². The lowest BCUT2D eigenvalue weighted by atomic mass is 9.99. The van der Waals surface area contributed by atoms with Crippen LogP contribution < -0.4 is 10.6 Å². The van der Waals surface area contributed by atoms with Gasteiger partial charge < -0.3 is 10.6 Å². The van der Waals surface area contributed by atoms with Crippen LogP contribution in [0.15, 0.2) is 18.2 Å². The molecular weight excluding hydrogens is 297 g/mol. The summed E-state index contributed by atoms with van der Waals surface area (Å²) in [5.74, 6) is -0.435. The molecule has 124 valence electrons. The zero-order valence-electron chi connectivity index (χ0n) is 13.3. The third-order valence-electron chi connectivity index (χ3n) is 4.69. The Morgan fingerprint density at radius 1 is 1.39 bits per heavy atom. The minimum atomic E-state index is -0.332. The molecule has 2 amide bonds. The number of amides is 2. The Balaban J connectivity index is 1.63. The lowest BCUT2D eigenvalue weighted by Crippen LogP contribution is -2.42. The number of carbonyl (C=O) groups excluding carboxylic acids is 2. The molecule has 6 heteroatoms. The van der Waals surface area contributed by atoms with E-state index in [9.17, 15) is 14.0 Å². The summed E-state index contributed by atoms with van der Waals surface area (Å²) in [4.78, 5) is 26.3. The van der Waals surface area contributed by atoms with Gasteiger partial charge in [-0.05, 0) is 31.9 Å². The first-order valence-electron chi connectivity index (χ1n) is 8.10. The van der Waals surface area contributed by atoms with Gasteiger partial charge in [-0.1, -0.05) is 12.5 Å². The third-order valence-corrected chi connectivity index (χ3v) is 4.69. The van der Waals surface area contributed by atoms with Gasteiger partial charge in [-0.25, -0.2) is 4.39 Å². The van der Waals surface area contributed by atoms with E-state index in [-0.39, 0.29) is 36.1 Å². The Hall–Kier alpha value is -1.95. The molecule has 1 aromatic carbocycles. The van der Waals surface area contributed by atoms with Gasteiger partial charge in [0.2, 0.25) is 11.8 Å². The van der Waals surface area contributed by atoms with Crippen LogP contribution >= 0.6 is 0 Å². The molecule has 2 aliphatic heterocycles. The van der Waals surface area contributed by atoms with Gasteiger partial charge >= 0.3 is 0 Å². The van der Waals surface area contributed by atoms with Gasteiger partial charge in [0.1, 0.15) is 5.82 Å². The van der Waals surface area contributed by atoms with Gasteiger partial charge in [0.05, 0.1) is 12.5 Å². The lowest BCUT2D eigenvalue weighted by Gasteiger charge is -2.26. The van der Waals surface area contributed by atoms with E-state index >= 15 is 0 Å². The summed E-state index contributed by atoms with van der Waals surface area (Å²) in [5.41, 5.74) is 0.935. The van der Waals surface area contributed by atoms with E-state index in [1.807, 2.05) is 4.90 Å². The molecule has 23 heavy (non-hydrogen) atoms. The zero-order chi connectivity index (χ0) is 16.4. The second kappa shape index (κ2) is 6.66. The van der Waals surface area contributed by atoms with Crippen LogP contribution in [0.3, 0.4) is 0 Å². The number of anilines is 1. The molecule has 0 aromatic heterocycles. The topological polar surface area (TPSA) is 61.4 Å². The van der Waals surface area contributed by atoms with Gasteiger partial charge in [0.15, 0.2) is 0 Å². The van der Waals surface area contributed by atoms with Gasteiger partial charge in [0, 0.05) is 30.4 Å². The lowest BCUT2D eigenvalue weighted by molar-refractivity contribution is -0.125. The van der Waals surface area contributed by atoms with E-state index in [1.54, 1.807) is 19.1 Å². The molecule has 0 radical (unpaired) electrons. The first kappa shape index (κ1) is 15.9. The fourth-order valence-corrected chi connectivity index (χ4v) is 3.41. The van der Waals surface area contributed by atoms with Crippen molar-refractivity contribution in [2.24, 2.45) is 5.92 Å². The van der Waals surface area contributed by atoms with Crippen LogP contribution in [0.5, 0.6) is 0 Å². The van der Waals surface area contributed by atoms with Crippen molar-refractivity contribution in [2.75, 3.05) is 25.0 Å². The molecule has 5 nitrogen and oxygen atoms in total. The molecule has 0 saturated carbocycles. The minimum Gasteiger partial charge on any atom is -0.352 e. The van der Waals surface area contributed by atoms with E-state index in [2.05, 4.69) is 10.6 Å². The van der Waals surface area contributed by atoms with Crippen LogP contribution in [0.2, 0.25) is 0 Å². The molecule has 0 aliphatic carbocycles. The van der Waals surface area contributed by atoms with E-state index in [0.717, 1.165) is 19.3 Å². The smallest absolute Gasteiger partial charge is 0.238 e. The van der Waals surface area contributed by atoms with Crippen molar-refractivity contribution in [3.05, 3.63) is 29.6 Å². The molecule has 2 N–H and O–H groups in total. The summed E-state index contributed by atoms with van der Waals surface area (Å²) in [6, 6.07) is 4.77. The van der Waals surface area contributed by atoms with E-state index in [4.69, 9.17) is 0 Å². The van der Waals surface area contributed by atoms with Crippen molar-refractivity contribution in [3.8, 4) is 0 Å². The quantitative estimate of drug-likeness (QED) is 0.891. The molecule has 2 bridgehead atoms. The zero-order valence-corrected chi connectivity index (χ0v) is 13.3. The van der Waals surface area contributed by atoms with Crippen molar-refractivity contribution < 1.29 is 14.0 Å². The highest BCUT2D eigenvalue weighted by molar-refractivity contribution is 5.93. The monoisotopic (exact) mass is 319 g/mol. The number of nitrogens with one attached hydrogen (secondary N) is 2. The molecule has 3 rings (SSSR count). The van der Waals surface area contributed by atoms with Crippen LogP contribution in [-0.4, -0.2) is 42.4 Å². The van der Waals surface area contributed by atoms with E-state index in [1.165, 1.54) is 6.07 Å². The maximum atomic E-state index is 13.5. The molecular formula is C17H22FN3O2. The molecule has 0 spiro atoms. The average Bonchev–Trinajstić information content (AvgIpc) is 2.72. The van der Waals surface area contributed by atoms with Crippen molar-refractivity contribution >= 4 is 17.5 Å². The van der Waals surface area contributed by atoms with Gasteiger partial charge in [0.25, 0.3) is 0 Å². The summed E-state index contributed by atoms with van der Waals surface area (Å²) in [6.45, 7) is 3.16. The highest BCUT2D eigenvalue weighted by atomic mass is 19.1. The predicted molar refractivity (Wildman–Crippen MR) is 85.5 cm³/mol. The molecule has 0 unspecified atom stereocenters. The highest BCUT2D eigenvalue weighted by Crippen LogP contribution is 2.22. The number of hydrogen-bond donors (Lipinski definition) is 2. The first-order chi connectivity index (χ1) is 11.0. The Morgan fingerprint density at radius 3 is 3.04 bits per heavy atom. The Labute approximate surface area is 135 Å². The number of rotatable bonds is 3. The van der Waals surface area contributed by atoms with Gasteiger partial charge in [-0.2, -0.15) is 0 Å². The van der Waals surface area contributed by atoms with Gasteiger partial charge in [-0.3, -0.25) is 14.5 Å². The second-order valence-corrected chi connectivity index (χ2v) is 6.49. The Kier molecular flexibility index (Phi) is 4.61. The molecule has 2 heterocycles. The highest BCUT2D eigenvalue weighted by Gasteiger charge is 2.33. The normalized spacial score (nSPS) is 24.7. The fraction of sp³-hybridized carbons (Fsp3) is 0.529. The Bertz CT molecular complexity index is 620. The Morgan fingerprint density at radius 2 is 2.22 bits per heavy atom. The maximum Gasteiger partial charge on any atom is 0.238 e. The van der Waals surface area contributed by atoms with Gasteiger partial charge in [-0.15, -0.1) is 0 Å². The van der Waals surface area contributed by atoms with Crippen LogP contribution in [0, 0.1) is 18.7 Å². The molecule has 2 saturated heterocycles. The van der Waals surface area contributed by atoms with Crippen LogP contribution in [0.1, 0.15) is 24.8 Å². The fourth-order valence-electron chi connectivity index (χ4n) is 3.41. The standard InChI is InChI=1S/C17H22FN3O2/c1-11-14(18)6-3-7-15(11)20-16(22)10-21-8-12-4-2-5-13(9-21)19-17(12)23/h3,6-7,12-13H,2,4-5,8-10H2,1H3,(H,19,23)(H,20,22)/t12-,13+/m1/s1. The van der Waals surface area contributed by atoms with E-state index < -0.39 is 0 Å². The van der Waals surface area contributed by atoms with Crippen molar-refractivity contribution in [1.82, 2.24) is 10.2 Å². The number of carbonyl (C=O) groups is 2. The van der Waals surface area contributed by atoms with Crippen molar-refractivity contribution in [3.63, 3.8) is 0 Å². The summed E-state index contributed by atoms with van der Waals surface area (Å²) in [7, 11) is 0. The minimum absolute atomic E-state index is 0.0359. The first-order valence-corrected chi connectivity index (χ1v) is 8.10. The molecule has 2 fully saturated rings. The molecule has 1 aromatic rings. The second-order valence-electron chi connectivity index (χ2n) is 6.49. The number of hydrogen-bond acceptors (Lipinski definition) is 3. The summed E-state index contributed by atoms with van der Waals surface area (Å²) >= 11 is 0. The predicted octanol–water partition coefficient (Wildman–Crippen LogP) is 1.67. The SMILES string of the molecule is Cc1c(F)cccc1NC(=O)CN1C[C@@H]2CCC[C@H](C1)C(=O)N2. The third kappa shape index (κ3) is 3.69. The molecule has 2 atom stereocenters. The maximum absolute atomic E-state index is 13.5. The summed E-state index contributed by atoms with van der Waals surface area (Å²) in [6.07, 6.45) is 2.89. The van der Waals surface area contributed by atoms with Crippen LogP contribution in [0.25, 0.3) is 0 Å². The number of benzene rings is 1. The number of nitrogens with zero attached hydrogens (tertiary/aromatic N) is 1. The number of fused-ring (bicyclic) bond motifs is 3. The summed E-state index contributed by atoms with van der Waals surface area (Å²) < 4.78 is 13.5. The largest absolute Gasteiger partial charge is 0.352 e. The average molecular weight is 319 g/mol. The number of likely N-dealkylation sites (tertiary alicyclic amines) is 1. The number of halogens is 1. The van der Waals surface area contributed by atoms with Crippen LogP contribution in [-0.2, 0) is 9.59 Å². The molecule has 2 aliphatic rings. The summed E-state index contributed by atoms with van der Waals surface area (Å²) in [5, 5.41) is 5.82.